The van der Waals surface area contributed by atoms with E-state index in [4.69, 9.17) is 0 Å². The predicted molar refractivity (Wildman–Crippen MR) is 63.3 cm³/mol. The van der Waals surface area contributed by atoms with Crippen LogP contribution in [-0.2, 0) is 0 Å². The van der Waals surface area contributed by atoms with E-state index >= 15 is 0 Å². The van der Waals surface area contributed by atoms with Crippen LogP contribution in [0.2, 0.25) is 0 Å². The summed E-state index contributed by atoms with van der Waals surface area (Å²) < 4.78 is 0. The second-order valence-corrected chi connectivity index (χ2v) is 4.72. The quantitative estimate of drug-likeness (QED) is 0.662. The van der Waals surface area contributed by atoms with E-state index in [-0.39, 0.29) is 0 Å². The largest absolute Gasteiger partial charge is 0.295 e. The average molecular weight is 193 g/mol. The Kier molecular flexibility index (Phi) is 3.94. The summed E-state index contributed by atoms with van der Waals surface area (Å²) in [4.78, 5) is 2.57. The highest BCUT2D eigenvalue weighted by molar-refractivity contribution is 5.19. The van der Waals surface area contributed by atoms with Crippen LogP contribution in [0.1, 0.15) is 34.6 Å². The van der Waals surface area contributed by atoms with Gasteiger partial charge in [-0.25, -0.2) is 0 Å². The molecule has 0 fully saturated rings. The zero-order valence-corrected chi connectivity index (χ0v) is 10.1. The van der Waals surface area contributed by atoms with E-state index in [0.717, 1.165) is 0 Å². The van der Waals surface area contributed by atoms with Crippen LogP contribution in [0.3, 0.4) is 0 Å². The Morgan fingerprint density at radius 3 is 1.64 bits per heavy atom. The van der Waals surface area contributed by atoms with Crippen LogP contribution in [0.15, 0.2) is 24.3 Å². The third-order valence-electron chi connectivity index (χ3n) is 3.00. The van der Waals surface area contributed by atoms with E-state index in [2.05, 4.69) is 63.8 Å². The fourth-order valence-corrected chi connectivity index (χ4v) is 2.51. The topological polar surface area (TPSA) is 3.24 Å². The lowest BCUT2D eigenvalue weighted by molar-refractivity contribution is 0.108. The lowest BCUT2D eigenvalue weighted by Gasteiger charge is -2.38. The van der Waals surface area contributed by atoms with Gasteiger partial charge in [0.1, 0.15) is 0 Å². The molecule has 0 radical (unpaired) electrons. The van der Waals surface area contributed by atoms with Crippen LogP contribution >= 0.6 is 0 Å². The molecule has 14 heavy (non-hydrogen) atoms. The fraction of sp³-hybridized carbons (Fsp3) is 0.692. The van der Waals surface area contributed by atoms with E-state index in [1.54, 1.807) is 0 Å². The molecule has 1 atom stereocenters. The maximum atomic E-state index is 2.57. The standard InChI is InChI=1S/C13H23N/c1-10(2)14(11(3)4)12(5)13-8-6-7-9-13/h6-13H,1-5H3. The van der Waals surface area contributed by atoms with Crippen molar-refractivity contribution in [2.75, 3.05) is 0 Å². The summed E-state index contributed by atoms with van der Waals surface area (Å²) in [6.07, 6.45) is 8.89. The molecule has 0 heterocycles. The Balaban J connectivity index is 2.68. The molecule has 1 aliphatic carbocycles. The molecular formula is C13H23N. The first-order valence-electron chi connectivity index (χ1n) is 5.66. The fourth-order valence-electron chi connectivity index (χ4n) is 2.51. The molecular weight excluding hydrogens is 170 g/mol. The molecule has 1 unspecified atom stereocenters. The van der Waals surface area contributed by atoms with Gasteiger partial charge >= 0.3 is 0 Å². The van der Waals surface area contributed by atoms with Gasteiger partial charge in [-0.3, -0.25) is 4.90 Å². The molecule has 0 amide bonds. The predicted octanol–water partition coefficient (Wildman–Crippen LogP) is 3.24. The van der Waals surface area contributed by atoms with Gasteiger partial charge in [-0.2, -0.15) is 0 Å². The van der Waals surface area contributed by atoms with Crippen LogP contribution in [0.4, 0.5) is 0 Å². The van der Waals surface area contributed by atoms with Crippen molar-refractivity contribution in [1.82, 2.24) is 4.90 Å². The molecule has 0 saturated heterocycles. The molecule has 0 aromatic heterocycles. The van der Waals surface area contributed by atoms with Crippen LogP contribution < -0.4 is 0 Å². The average Bonchev–Trinajstić information content (AvgIpc) is 2.53. The SMILES string of the molecule is CC(C)N(C(C)C)C(C)C1C=CC=C1. The van der Waals surface area contributed by atoms with Gasteiger partial charge in [0.05, 0.1) is 0 Å². The highest BCUT2D eigenvalue weighted by atomic mass is 15.2. The monoisotopic (exact) mass is 193 g/mol. The summed E-state index contributed by atoms with van der Waals surface area (Å²) in [7, 11) is 0. The zero-order chi connectivity index (χ0) is 10.7. The normalized spacial score (nSPS) is 19.1. The molecule has 80 valence electrons. The molecule has 0 aromatic carbocycles. The van der Waals surface area contributed by atoms with Gasteiger partial charge in [0, 0.05) is 24.0 Å². The summed E-state index contributed by atoms with van der Waals surface area (Å²) in [5.74, 6) is 0.597. The smallest absolute Gasteiger partial charge is 0.0170 e. The Morgan fingerprint density at radius 2 is 1.29 bits per heavy atom. The molecule has 0 aliphatic heterocycles. The molecule has 0 aromatic rings. The molecule has 1 aliphatic rings. The second-order valence-electron chi connectivity index (χ2n) is 4.72. The third-order valence-corrected chi connectivity index (χ3v) is 3.00. The first-order chi connectivity index (χ1) is 6.54. The van der Waals surface area contributed by atoms with Crippen molar-refractivity contribution in [3.8, 4) is 0 Å². The van der Waals surface area contributed by atoms with Crippen molar-refractivity contribution < 1.29 is 0 Å². The number of allylic oxidation sites excluding steroid dienone is 2. The van der Waals surface area contributed by atoms with E-state index in [9.17, 15) is 0 Å². The Bertz CT molecular complexity index is 205. The summed E-state index contributed by atoms with van der Waals surface area (Å²) in [5, 5.41) is 0. The Morgan fingerprint density at radius 1 is 0.857 bits per heavy atom. The van der Waals surface area contributed by atoms with Crippen molar-refractivity contribution >= 4 is 0 Å². The lowest BCUT2D eigenvalue weighted by Crippen LogP contribution is -2.46. The van der Waals surface area contributed by atoms with E-state index in [0.29, 0.717) is 24.0 Å². The molecule has 1 heteroatoms. The second kappa shape index (κ2) is 4.79. The van der Waals surface area contributed by atoms with E-state index < -0.39 is 0 Å². The minimum absolute atomic E-state index is 0.597. The summed E-state index contributed by atoms with van der Waals surface area (Å²) >= 11 is 0. The molecule has 1 rings (SSSR count). The zero-order valence-electron chi connectivity index (χ0n) is 10.1. The Hall–Kier alpha value is -0.560. The van der Waals surface area contributed by atoms with Gasteiger partial charge in [0.2, 0.25) is 0 Å². The molecule has 1 nitrogen and oxygen atoms in total. The summed E-state index contributed by atoms with van der Waals surface area (Å²) in [6.45, 7) is 11.4. The highest BCUT2D eigenvalue weighted by Crippen LogP contribution is 2.22. The van der Waals surface area contributed by atoms with Gasteiger partial charge in [-0.1, -0.05) is 24.3 Å². The van der Waals surface area contributed by atoms with Gasteiger partial charge < -0.3 is 0 Å². The molecule has 0 N–H and O–H groups in total. The van der Waals surface area contributed by atoms with Crippen molar-refractivity contribution in [1.29, 1.82) is 0 Å². The summed E-state index contributed by atoms with van der Waals surface area (Å²) in [5.41, 5.74) is 0. The highest BCUT2D eigenvalue weighted by Gasteiger charge is 2.25. The number of hydrogen-bond acceptors (Lipinski definition) is 1. The van der Waals surface area contributed by atoms with Crippen molar-refractivity contribution in [3.05, 3.63) is 24.3 Å². The van der Waals surface area contributed by atoms with Gasteiger partial charge in [-0.15, -0.1) is 0 Å². The Labute approximate surface area is 88.5 Å². The van der Waals surface area contributed by atoms with Crippen LogP contribution in [0.25, 0.3) is 0 Å². The van der Waals surface area contributed by atoms with Gasteiger partial charge in [-0.05, 0) is 34.6 Å². The van der Waals surface area contributed by atoms with Gasteiger partial charge in [0.15, 0.2) is 0 Å². The maximum Gasteiger partial charge on any atom is 0.0170 e. The minimum atomic E-state index is 0.597. The molecule has 0 bridgehead atoms. The van der Waals surface area contributed by atoms with Crippen molar-refractivity contribution in [3.63, 3.8) is 0 Å². The lowest BCUT2D eigenvalue weighted by atomic mass is 9.99. The van der Waals surface area contributed by atoms with Gasteiger partial charge in [0.25, 0.3) is 0 Å². The van der Waals surface area contributed by atoms with Crippen LogP contribution in [0, 0.1) is 5.92 Å². The molecule has 0 spiro atoms. The van der Waals surface area contributed by atoms with E-state index in [1.165, 1.54) is 0 Å². The van der Waals surface area contributed by atoms with Crippen LogP contribution in [0.5, 0.6) is 0 Å². The first kappa shape index (κ1) is 11.5. The van der Waals surface area contributed by atoms with Crippen molar-refractivity contribution in [2.45, 2.75) is 52.7 Å². The third kappa shape index (κ3) is 2.48. The minimum Gasteiger partial charge on any atom is -0.295 e. The maximum absolute atomic E-state index is 2.57. The molecule has 0 saturated carbocycles. The first-order valence-corrected chi connectivity index (χ1v) is 5.66. The number of nitrogens with zero attached hydrogens (tertiary/aromatic N) is 1. The van der Waals surface area contributed by atoms with E-state index in [1.807, 2.05) is 0 Å². The number of rotatable bonds is 4. The van der Waals surface area contributed by atoms with Crippen molar-refractivity contribution in [2.24, 2.45) is 5.92 Å². The summed E-state index contributed by atoms with van der Waals surface area (Å²) in [6, 6.07) is 1.84. The number of hydrogen-bond donors (Lipinski definition) is 0. The van der Waals surface area contributed by atoms with Crippen LogP contribution in [-0.4, -0.2) is 23.0 Å².